The van der Waals surface area contributed by atoms with Gasteiger partial charge in [0.25, 0.3) is 0 Å². The summed E-state index contributed by atoms with van der Waals surface area (Å²) in [6.07, 6.45) is 2.72. The van der Waals surface area contributed by atoms with Gasteiger partial charge in [-0.25, -0.2) is 4.39 Å². The van der Waals surface area contributed by atoms with Crippen LogP contribution in [0.1, 0.15) is 51.7 Å². The van der Waals surface area contributed by atoms with Gasteiger partial charge in [-0.15, -0.1) is 0 Å². The highest BCUT2D eigenvalue weighted by atomic mass is 19.1. The second-order valence-corrected chi connectivity index (χ2v) is 9.16. The molecular formula is C24H35FN4. The molecule has 4 nitrogen and oxygen atoms in total. The Kier molecular flexibility index (Phi) is 6.47. The van der Waals surface area contributed by atoms with E-state index in [4.69, 9.17) is 5.73 Å². The third kappa shape index (κ3) is 5.69. The number of rotatable bonds is 7. The van der Waals surface area contributed by atoms with E-state index in [9.17, 15) is 4.39 Å². The molecule has 1 fully saturated rings. The molecule has 1 saturated heterocycles. The van der Waals surface area contributed by atoms with Crippen molar-refractivity contribution in [1.29, 1.82) is 0 Å². The van der Waals surface area contributed by atoms with E-state index in [-0.39, 0.29) is 0 Å². The van der Waals surface area contributed by atoms with E-state index < -0.39 is 5.67 Å². The molecule has 0 unspecified atom stereocenters. The first-order valence-electron chi connectivity index (χ1n) is 10.6. The smallest absolute Gasteiger partial charge is 0.118 e. The van der Waals surface area contributed by atoms with Crippen LogP contribution in [0.4, 0.5) is 10.1 Å². The van der Waals surface area contributed by atoms with E-state index in [1.807, 2.05) is 6.07 Å². The van der Waals surface area contributed by atoms with Crippen molar-refractivity contribution in [2.45, 2.75) is 58.7 Å². The Morgan fingerprint density at radius 3 is 2.59 bits per heavy atom. The lowest BCUT2D eigenvalue weighted by molar-refractivity contribution is 0.103. The molecule has 2 aliphatic rings. The number of nitrogens with two attached hydrogens (primary N) is 1. The number of nitrogens with zero attached hydrogens (tertiary/aromatic N) is 2. The summed E-state index contributed by atoms with van der Waals surface area (Å²) in [5, 5.41) is 3.58. The third-order valence-corrected chi connectivity index (χ3v) is 5.77. The van der Waals surface area contributed by atoms with Crippen molar-refractivity contribution < 1.29 is 4.39 Å². The first kappa shape index (κ1) is 21.6. The summed E-state index contributed by atoms with van der Waals surface area (Å²) < 4.78 is 13.9. The topological polar surface area (TPSA) is 53.6 Å². The first-order valence-corrected chi connectivity index (χ1v) is 10.6. The molecule has 0 amide bonds. The van der Waals surface area contributed by atoms with Crippen molar-refractivity contribution >= 4 is 17.0 Å². The summed E-state index contributed by atoms with van der Waals surface area (Å²) in [7, 11) is 0. The molecule has 29 heavy (non-hydrogen) atoms. The van der Waals surface area contributed by atoms with Crippen LogP contribution in [-0.2, 0) is 6.42 Å². The Morgan fingerprint density at radius 2 is 2.00 bits per heavy atom. The number of nitrogens with one attached hydrogen (secondary N) is 1. The summed E-state index contributed by atoms with van der Waals surface area (Å²) in [4.78, 5) is 6.76. The minimum atomic E-state index is -1.14. The van der Waals surface area contributed by atoms with Gasteiger partial charge in [0.05, 0.1) is 6.54 Å². The summed E-state index contributed by atoms with van der Waals surface area (Å²) >= 11 is 0. The minimum Gasteiger partial charge on any atom is -0.398 e. The number of nitrogen functional groups attached to an aromatic ring is 1. The number of aliphatic imine (C=N–C) groups is 1. The van der Waals surface area contributed by atoms with Gasteiger partial charge in [-0.3, -0.25) is 4.99 Å². The summed E-state index contributed by atoms with van der Waals surface area (Å²) in [5.41, 5.74) is 12.8. The molecule has 0 spiro atoms. The number of alkyl halides is 1. The van der Waals surface area contributed by atoms with Crippen LogP contribution in [0.2, 0.25) is 0 Å². The molecule has 5 heteroatoms. The molecule has 1 aromatic rings. The Bertz CT molecular complexity index is 824. The van der Waals surface area contributed by atoms with E-state index in [1.165, 1.54) is 16.7 Å². The third-order valence-electron chi connectivity index (χ3n) is 5.77. The fourth-order valence-corrected chi connectivity index (χ4v) is 4.41. The fourth-order valence-electron chi connectivity index (χ4n) is 4.41. The quantitative estimate of drug-likeness (QED) is 0.671. The molecule has 0 radical (unpaired) electrons. The Balaban J connectivity index is 1.58. The van der Waals surface area contributed by atoms with Gasteiger partial charge in [0.2, 0.25) is 0 Å². The van der Waals surface area contributed by atoms with Crippen LogP contribution < -0.4 is 11.1 Å². The monoisotopic (exact) mass is 398 g/mol. The van der Waals surface area contributed by atoms with Gasteiger partial charge in [-0.2, -0.15) is 0 Å². The number of hydrogen-bond donors (Lipinski definition) is 2. The van der Waals surface area contributed by atoms with Gasteiger partial charge >= 0.3 is 0 Å². The number of anilines is 1. The average molecular weight is 399 g/mol. The predicted molar refractivity (Wildman–Crippen MR) is 122 cm³/mol. The standard InChI is InChI=1S/C24H35FN4/c1-16-14-27-18(3)23(16)19-6-7-22(26)20(13-19)12-17(2)28-21-8-10-29(11-9-21)15-24(4,5)25/h6-7,13,21,28H,2,8-12,14-15,26H2,1,3-5H3. The Labute approximate surface area is 174 Å². The molecule has 2 aliphatic heterocycles. The second-order valence-electron chi connectivity index (χ2n) is 9.16. The molecule has 1 aromatic carbocycles. The largest absolute Gasteiger partial charge is 0.398 e. The van der Waals surface area contributed by atoms with E-state index >= 15 is 0 Å². The summed E-state index contributed by atoms with van der Waals surface area (Å²) in [6.45, 7) is 14.9. The van der Waals surface area contributed by atoms with Crippen LogP contribution >= 0.6 is 0 Å². The van der Waals surface area contributed by atoms with Crippen molar-refractivity contribution in [3.8, 4) is 0 Å². The number of benzene rings is 1. The number of halogens is 1. The minimum absolute atomic E-state index is 0.389. The lowest BCUT2D eigenvalue weighted by Gasteiger charge is -2.35. The Hall–Kier alpha value is -2.14. The molecule has 2 heterocycles. The molecule has 0 aliphatic carbocycles. The average Bonchev–Trinajstić information content (AvgIpc) is 2.96. The molecule has 0 aromatic heterocycles. The highest BCUT2D eigenvalue weighted by molar-refractivity contribution is 6.25. The number of allylic oxidation sites excluding steroid dienone is 2. The van der Waals surface area contributed by atoms with Crippen molar-refractivity contribution in [2.24, 2.45) is 4.99 Å². The van der Waals surface area contributed by atoms with E-state index in [2.05, 4.69) is 47.8 Å². The maximum atomic E-state index is 13.9. The van der Waals surface area contributed by atoms with Crippen LogP contribution in [-0.4, -0.2) is 48.5 Å². The molecular weight excluding hydrogens is 363 g/mol. The highest BCUT2D eigenvalue weighted by Crippen LogP contribution is 2.29. The van der Waals surface area contributed by atoms with Crippen molar-refractivity contribution in [2.75, 3.05) is 31.9 Å². The van der Waals surface area contributed by atoms with Gasteiger partial charge in [0, 0.05) is 54.8 Å². The van der Waals surface area contributed by atoms with E-state index in [1.54, 1.807) is 13.8 Å². The van der Waals surface area contributed by atoms with E-state index in [0.29, 0.717) is 19.0 Å². The van der Waals surface area contributed by atoms with Crippen molar-refractivity contribution in [3.05, 3.63) is 47.2 Å². The first-order chi connectivity index (χ1) is 13.6. The second kappa shape index (κ2) is 8.70. The predicted octanol–water partition coefficient (Wildman–Crippen LogP) is 4.38. The summed E-state index contributed by atoms with van der Waals surface area (Å²) in [5.74, 6) is 0. The molecule has 0 bridgehead atoms. The zero-order chi connectivity index (χ0) is 21.2. The molecule has 0 atom stereocenters. The van der Waals surface area contributed by atoms with Crippen LogP contribution in [0, 0.1) is 0 Å². The van der Waals surface area contributed by atoms with Crippen LogP contribution in [0.25, 0.3) is 5.57 Å². The normalized spacial score (nSPS) is 18.9. The number of piperidine rings is 1. The van der Waals surface area contributed by atoms with Crippen molar-refractivity contribution in [1.82, 2.24) is 10.2 Å². The fraction of sp³-hybridized carbons (Fsp3) is 0.542. The maximum Gasteiger partial charge on any atom is 0.118 e. The molecule has 0 saturated carbocycles. The van der Waals surface area contributed by atoms with Gasteiger partial charge in [0.1, 0.15) is 5.67 Å². The Morgan fingerprint density at radius 1 is 1.31 bits per heavy atom. The lowest BCUT2D eigenvalue weighted by atomic mass is 9.95. The van der Waals surface area contributed by atoms with Crippen LogP contribution in [0.3, 0.4) is 0 Å². The zero-order valence-corrected chi connectivity index (χ0v) is 18.3. The molecule has 3 rings (SSSR count). The highest BCUT2D eigenvalue weighted by Gasteiger charge is 2.25. The summed E-state index contributed by atoms with van der Waals surface area (Å²) in [6, 6.07) is 6.64. The van der Waals surface area contributed by atoms with Crippen LogP contribution in [0.15, 0.2) is 41.0 Å². The maximum absolute atomic E-state index is 13.9. The number of likely N-dealkylation sites (tertiary alicyclic amines) is 1. The molecule has 158 valence electrons. The van der Waals surface area contributed by atoms with Gasteiger partial charge < -0.3 is 16.0 Å². The molecule has 3 N–H and O–H groups in total. The van der Waals surface area contributed by atoms with Gasteiger partial charge in [-0.1, -0.05) is 12.6 Å². The van der Waals surface area contributed by atoms with Gasteiger partial charge in [0.15, 0.2) is 0 Å². The number of hydrogen-bond acceptors (Lipinski definition) is 4. The van der Waals surface area contributed by atoms with Gasteiger partial charge in [-0.05, 0) is 69.4 Å². The lowest BCUT2D eigenvalue weighted by Crippen LogP contribution is -2.45. The SMILES string of the molecule is C=C(Cc1cc(C2=C(C)CN=C2C)ccc1N)NC1CCN(CC(C)(C)F)CC1. The van der Waals surface area contributed by atoms with Crippen LogP contribution in [0.5, 0.6) is 0 Å². The van der Waals surface area contributed by atoms with E-state index in [0.717, 1.165) is 55.1 Å². The zero-order valence-electron chi connectivity index (χ0n) is 18.3. The van der Waals surface area contributed by atoms with Crippen molar-refractivity contribution in [3.63, 3.8) is 0 Å².